The molecule has 0 atom stereocenters. The summed E-state index contributed by atoms with van der Waals surface area (Å²) >= 11 is 12.0. The molecule has 0 aliphatic heterocycles. The molecule has 0 aliphatic carbocycles. The van der Waals surface area contributed by atoms with Gasteiger partial charge in [-0.05, 0) is 42.8 Å². The lowest BCUT2D eigenvalue weighted by molar-refractivity contribution is -0.136. The molecule has 6 nitrogen and oxygen atoms in total. The third kappa shape index (κ3) is 5.75. The number of halogens is 2. The van der Waals surface area contributed by atoms with Crippen LogP contribution in [0.4, 0.5) is 5.69 Å². The van der Waals surface area contributed by atoms with E-state index in [9.17, 15) is 9.59 Å². The molecular formula is C18H17Cl2N3O3. The van der Waals surface area contributed by atoms with Crippen molar-refractivity contribution in [2.75, 3.05) is 11.9 Å². The zero-order valence-electron chi connectivity index (χ0n) is 14.0. The number of hydrogen-bond acceptors (Lipinski definition) is 4. The minimum absolute atomic E-state index is 0.380. The Kier molecular flexibility index (Phi) is 7.44. The summed E-state index contributed by atoms with van der Waals surface area (Å²) in [5, 5.41) is 6.92. The SMILES string of the molecule is CCCOc1ccc(NC(=O)C(=O)N/N=C\c2c(Cl)cccc2Cl)cc1. The molecule has 0 aliphatic rings. The maximum Gasteiger partial charge on any atom is 0.329 e. The van der Waals surface area contributed by atoms with Crippen LogP contribution < -0.4 is 15.5 Å². The lowest BCUT2D eigenvalue weighted by Crippen LogP contribution is -2.32. The number of hydrazone groups is 1. The Hall–Kier alpha value is -2.57. The molecular weight excluding hydrogens is 377 g/mol. The Morgan fingerprint density at radius 3 is 2.35 bits per heavy atom. The van der Waals surface area contributed by atoms with Crippen molar-refractivity contribution in [1.82, 2.24) is 5.43 Å². The van der Waals surface area contributed by atoms with Gasteiger partial charge in [0.25, 0.3) is 0 Å². The number of amides is 2. The maximum atomic E-state index is 11.9. The van der Waals surface area contributed by atoms with Crippen molar-refractivity contribution >= 4 is 46.9 Å². The van der Waals surface area contributed by atoms with Crippen LogP contribution in [-0.2, 0) is 9.59 Å². The van der Waals surface area contributed by atoms with Gasteiger partial charge in [0.2, 0.25) is 0 Å². The highest BCUT2D eigenvalue weighted by molar-refractivity contribution is 6.40. The van der Waals surface area contributed by atoms with E-state index in [1.165, 1.54) is 6.21 Å². The van der Waals surface area contributed by atoms with Crippen LogP contribution in [0.25, 0.3) is 0 Å². The van der Waals surface area contributed by atoms with E-state index in [0.717, 1.165) is 6.42 Å². The normalized spacial score (nSPS) is 10.6. The van der Waals surface area contributed by atoms with Crippen LogP contribution >= 0.6 is 23.2 Å². The van der Waals surface area contributed by atoms with E-state index in [0.29, 0.717) is 33.7 Å². The number of hydrogen-bond donors (Lipinski definition) is 2. The van der Waals surface area contributed by atoms with Crippen LogP contribution in [0.2, 0.25) is 10.0 Å². The van der Waals surface area contributed by atoms with Gasteiger partial charge in [0, 0.05) is 11.3 Å². The van der Waals surface area contributed by atoms with Crippen LogP contribution in [0.3, 0.4) is 0 Å². The molecule has 2 aromatic rings. The third-order valence-electron chi connectivity index (χ3n) is 3.15. The first kappa shape index (κ1) is 19.8. The molecule has 2 amide bonds. The second-order valence-electron chi connectivity index (χ2n) is 5.16. The van der Waals surface area contributed by atoms with E-state index < -0.39 is 11.8 Å². The van der Waals surface area contributed by atoms with Gasteiger partial charge in [-0.3, -0.25) is 9.59 Å². The van der Waals surface area contributed by atoms with Gasteiger partial charge in [0.1, 0.15) is 5.75 Å². The molecule has 0 fully saturated rings. The van der Waals surface area contributed by atoms with Crippen molar-refractivity contribution in [3.8, 4) is 5.75 Å². The monoisotopic (exact) mass is 393 g/mol. The number of ether oxygens (including phenoxy) is 1. The van der Waals surface area contributed by atoms with Gasteiger partial charge in [-0.15, -0.1) is 0 Å². The molecule has 0 saturated heterocycles. The molecule has 8 heteroatoms. The van der Waals surface area contributed by atoms with Crippen LogP contribution in [-0.4, -0.2) is 24.6 Å². The molecule has 0 heterocycles. The van der Waals surface area contributed by atoms with Crippen LogP contribution in [0.15, 0.2) is 47.6 Å². The van der Waals surface area contributed by atoms with Crippen LogP contribution in [0.1, 0.15) is 18.9 Å². The average molecular weight is 394 g/mol. The van der Waals surface area contributed by atoms with Crippen LogP contribution in [0.5, 0.6) is 5.75 Å². The molecule has 0 spiro atoms. The Morgan fingerprint density at radius 2 is 1.73 bits per heavy atom. The highest BCUT2D eigenvalue weighted by Gasteiger charge is 2.13. The molecule has 2 rings (SSSR count). The molecule has 0 bridgehead atoms. The van der Waals surface area contributed by atoms with Gasteiger partial charge in [-0.1, -0.05) is 36.2 Å². The molecule has 26 heavy (non-hydrogen) atoms. The van der Waals surface area contributed by atoms with Crippen molar-refractivity contribution in [3.05, 3.63) is 58.1 Å². The first-order valence-electron chi connectivity index (χ1n) is 7.82. The van der Waals surface area contributed by atoms with Crippen molar-refractivity contribution in [2.45, 2.75) is 13.3 Å². The molecule has 2 N–H and O–H groups in total. The molecule has 136 valence electrons. The number of benzene rings is 2. The first-order valence-corrected chi connectivity index (χ1v) is 8.58. The quantitative estimate of drug-likeness (QED) is 0.444. The lowest BCUT2D eigenvalue weighted by Gasteiger charge is -2.07. The predicted octanol–water partition coefficient (Wildman–Crippen LogP) is 3.87. The Labute approximate surface area is 161 Å². The van der Waals surface area contributed by atoms with Gasteiger partial charge in [0.15, 0.2) is 0 Å². The van der Waals surface area contributed by atoms with Gasteiger partial charge >= 0.3 is 11.8 Å². The smallest absolute Gasteiger partial charge is 0.329 e. The zero-order valence-corrected chi connectivity index (χ0v) is 15.5. The second-order valence-corrected chi connectivity index (χ2v) is 5.98. The Balaban J connectivity index is 1.89. The number of carbonyl (C=O) groups excluding carboxylic acids is 2. The summed E-state index contributed by atoms with van der Waals surface area (Å²) in [4.78, 5) is 23.7. The molecule has 2 aromatic carbocycles. The summed E-state index contributed by atoms with van der Waals surface area (Å²) in [7, 11) is 0. The molecule has 0 radical (unpaired) electrons. The van der Waals surface area contributed by atoms with Gasteiger partial charge in [0.05, 0.1) is 22.9 Å². The number of anilines is 1. The van der Waals surface area contributed by atoms with Crippen molar-refractivity contribution in [2.24, 2.45) is 5.10 Å². The fourth-order valence-electron chi connectivity index (χ4n) is 1.88. The number of nitrogens with one attached hydrogen (secondary N) is 2. The highest BCUT2D eigenvalue weighted by atomic mass is 35.5. The van der Waals surface area contributed by atoms with Gasteiger partial charge < -0.3 is 10.1 Å². The maximum absolute atomic E-state index is 11.9. The van der Waals surface area contributed by atoms with Gasteiger partial charge in [-0.2, -0.15) is 5.10 Å². The standard InChI is InChI=1S/C18H17Cl2N3O3/c1-2-10-26-13-8-6-12(7-9-13)22-17(24)18(25)23-21-11-14-15(19)4-3-5-16(14)20/h3-9,11H,2,10H2,1H3,(H,22,24)(H,23,25)/b21-11-. The Morgan fingerprint density at radius 1 is 1.08 bits per heavy atom. The summed E-state index contributed by atoms with van der Waals surface area (Å²) in [5.41, 5.74) is 3.03. The number of rotatable bonds is 6. The predicted molar refractivity (Wildman–Crippen MR) is 103 cm³/mol. The lowest BCUT2D eigenvalue weighted by atomic mass is 10.2. The summed E-state index contributed by atoms with van der Waals surface area (Å²) in [6.45, 7) is 2.62. The summed E-state index contributed by atoms with van der Waals surface area (Å²) in [6.07, 6.45) is 2.17. The van der Waals surface area contributed by atoms with E-state index in [1.807, 2.05) is 6.92 Å². The zero-order chi connectivity index (χ0) is 18.9. The Bertz CT molecular complexity index is 788. The summed E-state index contributed by atoms with van der Waals surface area (Å²) in [5.74, 6) is -1.08. The van der Waals surface area contributed by atoms with E-state index in [2.05, 4.69) is 15.8 Å². The fraction of sp³-hybridized carbons (Fsp3) is 0.167. The van der Waals surface area contributed by atoms with Crippen LogP contribution in [0, 0.1) is 0 Å². The van der Waals surface area contributed by atoms with E-state index >= 15 is 0 Å². The minimum Gasteiger partial charge on any atom is -0.494 e. The average Bonchev–Trinajstić information content (AvgIpc) is 2.63. The number of nitrogens with zero attached hydrogens (tertiary/aromatic N) is 1. The summed E-state index contributed by atoms with van der Waals surface area (Å²) < 4.78 is 5.44. The minimum atomic E-state index is -0.921. The highest BCUT2D eigenvalue weighted by Crippen LogP contribution is 2.22. The first-order chi connectivity index (χ1) is 12.5. The third-order valence-corrected chi connectivity index (χ3v) is 3.81. The molecule has 0 saturated carbocycles. The van der Waals surface area contributed by atoms with Crippen molar-refractivity contribution < 1.29 is 14.3 Å². The van der Waals surface area contributed by atoms with Crippen molar-refractivity contribution in [1.29, 1.82) is 0 Å². The number of carbonyl (C=O) groups is 2. The fourth-order valence-corrected chi connectivity index (χ4v) is 2.38. The van der Waals surface area contributed by atoms with Gasteiger partial charge in [-0.25, -0.2) is 5.43 Å². The van der Waals surface area contributed by atoms with E-state index in [1.54, 1.807) is 42.5 Å². The molecule has 0 unspecified atom stereocenters. The molecule has 0 aromatic heterocycles. The summed E-state index contributed by atoms with van der Waals surface area (Å²) in [6, 6.07) is 11.7. The second kappa shape index (κ2) is 9.79. The largest absolute Gasteiger partial charge is 0.494 e. The topological polar surface area (TPSA) is 79.8 Å². The van der Waals surface area contributed by atoms with E-state index in [4.69, 9.17) is 27.9 Å². The van der Waals surface area contributed by atoms with Crippen molar-refractivity contribution in [3.63, 3.8) is 0 Å². The van der Waals surface area contributed by atoms with E-state index in [-0.39, 0.29) is 0 Å².